The largest absolute Gasteiger partial charge is 0.357 e. The predicted molar refractivity (Wildman–Crippen MR) is 84.1 cm³/mol. The predicted octanol–water partition coefficient (Wildman–Crippen LogP) is 2.36. The smallest absolute Gasteiger partial charge is 0.134 e. The lowest BCUT2D eigenvalue weighted by Crippen LogP contribution is -2.62. The Hall–Kier alpha value is -1.72. The minimum absolute atomic E-state index is 0.0545. The van der Waals surface area contributed by atoms with E-state index in [0.29, 0.717) is 13.2 Å². The third-order valence-electron chi connectivity index (χ3n) is 4.31. The van der Waals surface area contributed by atoms with Crippen molar-refractivity contribution in [2.75, 3.05) is 13.2 Å². The topological polar surface area (TPSA) is 42.5 Å². The first-order valence-corrected chi connectivity index (χ1v) is 7.75. The number of hydrogen-bond acceptors (Lipinski definition) is 4. The van der Waals surface area contributed by atoms with Gasteiger partial charge in [-0.3, -0.25) is 10.6 Å². The summed E-state index contributed by atoms with van der Waals surface area (Å²) in [4.78, 5) is 0. The van der Waals surface area contributed by atoms with Gasteiger partial charge in [0.1, 0.15) is 12.5 Å². The maximum Gasteiger partial charge on any atom is 0.134 e. The van der Waals surface area contributed by atoms with Crippen molar-refractivity contribution >= 4 is 0 Å². The Labute approximate surface area is 130 Å². The highest BCUT2D eigenvalue weighted by atomic mass is 16.5. The molecule has 2 aliphatic rings. The van der Waals surface area contributed by atoms with Crippen LogP contribution in [-0.4, -0.2) is 25.3 Å². The lowest BCUT2D eigenvalue weighted by molar-refractivity contribution is -0.115. The van der Waals surface area contributed by atoms with Crippen LogP contribution in [0.1, 0.15) is 23.6 Å². The average molecular weight is 296 g/mol. The molecule has 0 aromatic heterocycles. The van der Waals surface area contributed by atoms with E-state index in [1.807, 2.05) is 36.4 Å². The normalized spacial score (nSPS) is 31.5. The minimum Gasteiger partial charge on any atom is -0.357 e. The maximum atomic E-state index is 5.99. The second-order valence-electron chi connectivity index (χ2n) is 5.79. The van der Waals surface area contributed by atoms with Crippen molar-refractivity contribution in [1.29, 1.82) is 0 Å². The van der Waals surface area contributed by atoms with Crippen molar-refractivity contribution in [3.05, 3.63) is 71.8 Å². The van der Waals surface area contributed by atoms with E-state index in [0.717, 1.165) is 11.1 Å². The summed E-state index contributed by atoms with van der Waals surface area (Å²) in [7, 11) is 0. The van der Waals surface area contributed by atoms with E-state index in [1.165, 1.54) is 0 Å². The van der Waals surface area contributed by atoms with Crippen molar-refractivity contribution in [2.24, 2.45) is 0 Å². The second-order valence-corrected chi connectivity index (χ2v) is 5.79. The van der Waals surface area contributed by atoms with Crippen LogP contribution in [0.3, 0.4) is 0 Å². The first-order valence-electron chi connectivity index (χ1n) is 7.75. The van der Waals surface area contributed by atoms with Crippen molar-refractivity contribution in [3.8, 4) is 0 Å². The van der Waals surface area contributed by atoms with Gasteiger partial charge in [-0.2, -0.15) is 0 Å². The quantitative estimate of drug-likeness (QED) is 0.893. The maximum absolute atomic E-state index is 5.99. The number of nitrogens with one attached hydrogen (secondary N) is 2. The second kappa shape index (κ2) is 6.18. The summed E-state index contributed by atoms with van der Waals surface area (Å²) in [6.07, 6.45) is -0.109. The van der Waals surface area contributed by atoms with Gasteiger partial charge in [-0.05, 0) is 11.1 Å². The molecule has 4 rings (SSSR count). The van der Waals surface area contributed by atoms with Crippen LogP contribution in [0.2, 0.25) is 0 Å². The molecule has 4 heteroatoms. The molecule has 2 N–H and O–H groups in total. The van der Waals surface area contributed by atoms with E-state index >= 15 is 0 Å². The minimum atomic E-state index is -0.0545. The molecule has 2 saturated heterocycles. The Morgan fingerprint density at radius 2 is 1.05 bits per heavy atom. The summed E-state index contributed by atoms with van der Waals surface area (Å²) >= 11 is 0. The van der Waals surface area contributed by atoms with Gasteiger partial charge >= 0.3 is 0 Å². The van der Waals surface area contributed by atoms with E-state index in [-0.39, 0.29) is 24.5 Å². The van der Waals surface area contributed by atoms with Crippen LogP contribution < -0.4 is 10.6 Å². The molecule has 0 unspecified atom stereocenters. The van der Waals surface area contributed by atoms with Crippen molar-refractivity contribution in [1.82, 2.24) is 10.6 Å². The Bertz CT molecular complexity index is 549. The van der Waals surface area contributed by atoms with Gasteiger partial charge in [0.2, 0.25) is 0 Å². The molecule has 2 aromatic carbocycles. The van der Waals surface area contributed by atoms with E-state index in [4.69, 9.17) is 9.47 Å². The first-order chi connectivity index (χ1) is 10.9. The molecule has 114 valence electrons. The molecule has 2 aromatic rings. The highest BCUT2D eigenvalue weighted by Crippen LogP contribution is 2.26. The molecule has 4 nitrogen and oxygen atoms in total. The van der Waals surface area contributed by atoms with Crippen LogP contribution in [0.15, 0.2) is 60.7 Å². The van der Waals surface area contributed by atoms with Crippen LogP contribution in [-0.2, 0) is 9.47 Å². The monoisotopic (exact) mass is 296 g/mol. The standard InChI is InChI=1S/C18H20N2O2/c1-3-7-13(8-4-1)17-19-15-12-22-18(20-16(15)11-21-17)14-9-5-2-6-10-14/h1-10,15-20H,11-12H2/t15-,16+,17-,18+. The number of fused-ring (bicyclic) bond motifs is 1. The first kappa shape index (κ1) is 13.9. The van der Waals surface area contributed by atoms with Crippen LogP contribution in [0.5, 0.6) is 0 Å². The van der Waals surface area contributed by atoms with Crippen molar-refractivity contribution in [2.45, 2.75) is 24.5 Å². The lowest BCUT2D eigenvalue weighted by Gasteiger charge is -2.43. The molecule has 0 amide bonds. The third-order valence-corrected chi connectivity index (χ3v) is 4.31. The van der Waals surface area contributed by atoms with Gasteiger partial charge in [0.25, 0.3) is 0 Å². The van der Waals surface area contributed by atoms with E-state index in [9.17, 15) is 0 Å². The van der Waals surface area contributed by atoms with Gasteiger partial charge in [0.15, 0.2) is 0 Å². The zero-order valence-electron chi connectivity index (χ0n) is 12.3. The summed E-state index contributed by atoms with van der Waals surface area (Å²) in [6, 6.07) is 21.0. The molecule has 4 atom stereocenters. The Morgan fingerprint density at radius 3 is 1.45 bits per heavy atom. The molecular weight excluding hydrogens is 276 g/mol. The van der Waals surface area contributed by atoms with Crippen LogP contribution in [0.4, 0.5) is 0 Å². The summed E-state index contributed by atoms with van der Waals surface area (Å²) in [5, 5.41) is 7.07. The average Bonchev–Trinajstić information content (AvgIpc) is 2.62. The molecule has 0 spiro atoms. The fourth-order valence-electron chi connectivity index (χ4n) is 3.09. The number of rotatable bonds is 2. The molecule has 2 heterocycles. The number of hydrogen-bond donors (Lipinski definition) is 2. The Balaban J connectivity index is 1.43. The molecule has 22 heavy (non-hydrogen) atoms. The molecule has 0 saturated carbocycles. The van der Waals surface area contributed by atoms with Gasteiger partial charge in [-0.15, -0.1) is 0 Å². The fourth-order valence-corrected chi connectivity index (χ4v) is 3.09. The van der Waals surface area contributed by atoms with Crippen LogP contribution >= 0.6 is 0 Å². The van der Waals surface area contributed by atoms with Gasteiger partial charge in [0.05, 0.1) is 25.3 Å². The molecule has 0 aliphatic carbocycles. The van der Waals surface area contributed by atoms with Crippen LogP contribution in [0.25, 0.3) is 0 Å². The number of benzene rings is 2. The Morgan fingerprint density at radius 1 is 0.636 bits per heavy atom. The number of ether oxygens (including phenoxy) is 2. The molecule has 2 aliphatic heterocycles. The zero-order chi connectivity index (χ0) is 14.8. The zero-order valence-corrected chi connectivity index (χ0v) is 12.3. The van der Waals surface area contributed by atoms with Crippen LogP contribution in [0, 0.1) is 0 Å². The Kier molecular flexibility index (Phi) is 3.91. The molecule has 2 fully saturated rings. The third kappa shape index (κ3) is 2.78. The van der Waals surface area contributed by atoms with Gasteiger partial charge in [-0.25, -0.2) is 0 Å². The highest BCUT2D eigenvalue weighted by molar-refractivity contribution is 5.20. The summed E-state index contributed by atoms with van der Waals surface area (Å²) in [6.45, 7) is 1.37. The van der Waals surface area contributed by atoms with Gasteiger partial charge in [0, 0.05) is 0 Å². The van der Waals surface area contributed by atoms with Crippen molar-refractivity contribution < 1.29 is 9.47 Å². The van der Waals surface area contributed by atoms with Gasteiger partial charge in [-0.1, -0.05) is 60.7 Å². The summed E-state index contributed by atoms with van der Waals surface area (Å²) < 4.78 is 12.0. The van der Waals surface area contributed by atoms with Gasteiger partial charge < -0.3 is 9.47 Å². The molecule has 0 radical (unpaired) electrons. The van der Waals surface area contributed by atoms with Crippen molar-refractivity contribution in [3.63, 3.8) is 0 Å². The summed E-state index contributed by atoms with van der Waals surface area (Å²) in [5.41, 5.74) is 2.32. The summed E-state index contributed by atoms with van der Waals surface area (Å²) in [5.74, 6) is 0. The van der Waals surface area contributed by atoms with E-state index in [1.54, 1.807) is 0 Å². The highest BCUT2D eigenvalue weighted by Gasteiger charge is 2.36. The fraction of sp³-hybridized carbons (Fsp3) is 0.333. The SMILES string of the molecule is c1ccc([C@@H]2N[C@@H]3CO[C@@H](c4ccccc4)N[C@H]3CO2)cc1. The van der Waals surface area contributed by atoms with E-state index in [2.05, 4.69) is 34.9 Å². The molecular formula is C18H20N2O2. The lowest BCUT2D eigenvalue weighted by atomic mass is 10.0. The van der Waals surface area contributed by atoms with E-state index < -0.39 is 0 Å². The molecule has 0 bridgehead atoms.